The molecule has 2 N–H and O–H groups in total. The summed E-state index contributed by atoms with van der Waals surface area (Å²) in [6.45, 7) is 2.80. The normalized spacial score (nSPS) is 12.7. The molecule has 2 rings (SSSR count). The van der Waals surface area contributed by atoms with Gasteiger partial charge in [-0.1, -0.05) is 39.7 Å². The van der Waals surface area contributed by atoms with Gasteiger partial charge in [0.25, 0.3) is 0 Å². The van der Waals surface area contributed by atoms with Crippen molar-refractivity contribution in [2.24, 2.45) is 5.73 Å². The first-order valence-corrected chi connectivity index (χ1v) is 7.00. The van der Waals surface area contributed by atoms with Gasteiger partial charge in [-0.05, 0) is 31.0 Å². The fourth-order valence-corrected chi connectivity index (χ4v) is 2.74. The van der Waals surface area contributed by atoms with Gasteiger partial charge in [-0.25, -0.2) is 0 Å². The van der Waals surface area contributed by atoms with Crippen LogP contribution >= 0.6 is 27.5 Å². The average Bonchev–Trinajstić information content (AvgIpc) is 2.70. The largest absolute Gasteiger partial charge is 0.322 e. The Labute approximate surface area is 120 Å². The van der Waals surface area contributed by atoms with Crippen LogP contribution in [0.25, 0.3) is 0 Å². The van der Waals surface area contributed by atoms with Crippen molar-refractivity contribution in [2.75, 3.05) is 0 Å². The van der Waals surface area contributed by atoms with Crippen molar-refractivity contribution in [1.29, 1.82) is 0 Å². The first-order valence-electron chi connectivity index (χ1n) is 5.83. The van der Waals surface area contributed by atoms with Crippen LogP contribution in [0.1, 0.15) is 24.2 Å². The molecule has 0 saturated carbocycles. The number of aryl methyl sites for hydroxylation is 1. The monoisotopic (exact) mass is 327 g/mol. The molecule has 0 saturated heterocycles. The van der Waals surface area contributed by atoms with Gasteiger partial charge in [0, 0.05) is 11.0 Å². The van der Waals surface area contributed by atoms with Gasteiger partial charge in [-0.3, -0.25) is 4.68 Å². The van der Waals surface area contributed by atoms with Crippen LogP contribution < -0.4 is 5.73 Å². The van der Waals surface area contributed by atoms with Gasteiger partial charge in [-0.2, -0.15) is 5.10 Å². The lowest BCUT2D eigenvalue weighted by atomic mass is 10.0. The number of nitrogens with zero attached hydrogens (tertiary/aromatic N) is 2. The first-order chi connectivity index (χ1) is 8.61. The summed E-state index contributed by atoms with van der Waals surface area (Å²) in [5.41, 5.74) is 8.32. The third-order valence-electron chi connectivity index (χ3n) is 2.83. The highest BCUT2D eigenvalue weighted by Crippen LogP contribution is 2.24. The van der Waals surface area contributed by atoms with Crippen LogP contribution in [-0.4, -0.2) is 9.78 Å². The molecule has 1 atom stereocenters. The van der Waals surface area contributed by atoms with E-state index in [4.69, 9.17) is 17.3 Å². The lowest BCUT2D eigenvalue weighted by Gasteiger charge is -2.14. The second-order valence-electron chi connectivity index (χ2n) is 4.13. The maximum absolute atomic E-state index is 6.24. The van der Waals surface area contributed by atoms with E-state index in [9.17, 15) is 0 Å². The van der Waals surface area contributed by atoms with Gasteiger partial charge >= 0.3 is 0 Å². The van der Waals surface area contributed by atoms with E-state index in [2.05, 4.69) is 33.2 Å². The number of halogens is 2. The van der Waals surface area contributed by atoms with E-state index in [1.54, 1.807) is 6.20 Å². The summed E-state index contributed by atoms with van der Waals surface area (Å²) in [7, 11) is 0. The number of hydrogen-bond acceptors (Lipinski definition) is 2. The highest BCUT2D eigenvalue weighted by atomic mass is 79.9. The fourth-order valence-electron chi connectivity index (χ4n) is 2.01. The molecule has 2 aromatic rings. The molecule has 5 heteroatoms. The van der Waals surface area contributed by atoms with Crippen molar-refractivity contribution in [2.45, 2.75) is 25.9 Å². The third-order valence-corrected chi connectivity index (χ3v) is 3.61. The Hall–Kier alpha value is -0.840. The molecular weight excluding hydrogens is 314 g/mol. The number of nitrogens with two attached hydrogens (primary N) is 1. The summed E-state index contributed by atoms with van der Waals surface area (Å²) in [4.78, 5) is 0. The fraction of sp³-hybridized carbons (Fsp3) is 0.308. The van der Waals surface area contributed by atoms with Crippen molar-refractivity contribution < 1.29 is 0 Å². The molecule has 0 amide bonds. The van der Waals surface area contributed by atoms with Gasteiger partial charge in [0.1, 0.15) is 0 Å². The second kappa shape index (κ2) is 5.87. The Morgan fingerprint density at radius 2 is 2.28 bits per heavy atom. The van der Waals surface area contributed by atoms with Crippen LogP contribution in [-0.2, 0) is 13.0 Å². The van der Waals surface area contributed by atoms with E-state index in [0.717, 1.165) is 23.1 Å². The Morgan fingerprint density at radius 3 is 2.94 bits per heavy atom. The van der Waals surface area contributed by atoms with Crippen LogP contribution in [0, 0.1) is 0 Å². The molecule has 0 fully saturated rings. The van der Waals surface area contributed by atoms with E-state index in [1.807, 2.05) is 23.7 Å². The summed E-state index contributed by atoms with van der Waals surface area (Å²) in [6.07, 6.45) is 2.39. The molecule has 96 valence electrons. The third kappa shape index (κ3) is 2.94. The molecule has 0 aliphatic heterocycles. The van der Waals surface area contributed by atoms with Gasteiger partial charge in [-0.15, -0.1) is 0 Å². The van der Waals surface area contributed by atoms with E-state index in [-0.39, 0.29) is 6.04 Å². The second-order valence-corrected chi connectivity index (χ2v) is 5.46. The lowest BCUT2D eigenvalue weighted by Crippen LogP contribution is -2.18. The minimum atomic E-state index is -0.144. The van der Waals surface area contributed by atoms with Crippen molar-refractivity contribution in [3.05, 3.63) is 51.2 Å². The highest BCUT2D eigenvalue weighted by Gasteiger charge is 2.16. The molecule has 0 aliphatic carbocycles. The Morgan fingerprint density at radius 1 is 1.50 bits per heavy atom. The maximum Gasteiger partial charge on any atom is 0.0834 e. The molecule has 0 bridgehead atoms. The molecule has 1 aromatic heterocycles. The quantitative estimate of drug-likeness (QED) is 0.932. The van der Waals surface area contributed by atoms with Crippen molar-refractivity contribution in [1.82, 2.24) is 9.78 Å². The van der Waals surface area contributed by atoms with Crippen molar-refractivity contribution in [3.63, 3.8) is 0 Å². The van der Waals surface area contributed by atoms with Gasteiger partial charge < -0.3 is 5.73 Å². The number of hydrogen-bond donors (Lipinski definition) is 1. The Bertz CT molecular complexity index is 539. The zero-order chi connectivity index (χ0) is 13.1. The van der Waals surface area contributed by atoms with Crippen LogP contribution in [0.3, 0.4) is 0 Å². The smallest absolute Gasteiger partial charge is 0.0834 e. The molecule has 1 aromatic carbocycles. The van der Waals surface area contributed by atoms with E-state index in [0.29, 0.717) is 5.02 Å². The van der Waals surface area contributed by atoms with E-state index < -0.39 is 0 Å². The zero-order valence-electron chi connectivity index (χ0n) is 10.1. The summed E-state index contributed by atoms with van der Waals surface area (Å²) < 4.78 is 2.91. The van der Waals surface area contributed by atoms with E-state index in [1.165, 1.54) is 5.56 Å². The van der Waals surface area contributed by atoms with Crippen LogP contribution in [0.4, 0.5) is 0 Å². The average molecular weight is 329 g/mol. The van der Waals surface area contributed by atoms with Crippen LogP contribution in [0.15, 0.2) is 34.9 Å². The molecule has 1 heterocycles. The van der Waals surface area contributed by atoms with Crippen molar-refractivity contribution >= 4 is 27.5 Å². The minimum Gasteiger partial charge on any atom is -0.322 e. The maximum atomic E-state index is 6.24. The lowest BCUT2D eigenvalue weighted by molar-refractivity contribution is 0.568. The van der Waals surface area contributed by atoms with Crippen LogP contribution in [0.2, 0.25) is 5.02 Å². The molecule has 18 heavy (non-hydrogen) atoms. The summed E-state index contributed by atoms with van der Waals surface area (Å²) in [5, 5.41) is 4.85. The molecule has 3 nitrogen and oxygen atoms in total. The predicted octanol–water partition coefficient (Wildman–Crippen LogP) is 3.56. The van der Waals surface area contributed by atoms with E-state index >= 15 is 0 Å². The number of benzene rings is 1. The summed E-state index contributed by atoms with van der Waals surface area (Å²) in [5.74, 6) is 0. The van der Waals surface area contributed by atoms with Gasteiger partial charge in [0.15, 0.2) is 0 Å². The number of rotatable bonds is 4. The first kappa shape index (κ1) is 13.6. The minimum absolute atomic E-state index is 0.144. The highest BCUT2D eigenvalue weighted by molar-refractivity contribution is 9.10. The Balaban J connectivity index is 2.21. The Kier molecular flexibility index (Phi) is 4.43. The topological polar surface area (TPSA) is 43.8 Å². The van der Waals surface area contributed by atoms with Gasteiger partial charge in [0.05, 0.1) is 23.0 Å². The standard InChI is InChI=1S/C13H15BrClN3/c1-2-18-13(11(15)8-17-18)12(16)7-9-4-3-5-10(14)6-9/h3-6,8,12H,2,7,16H2,1H3. The molecule has 0 aliphatic rings. The molecule has 0 spiro atoms. The summed E-state index contributed by atoms with van der Waals surface area (Å²) in [6, 6.07) is 7.99. The predicted molar refractivity (Wildman–Crippen MR) is 77.7 cm³/mol. The molecule has 0 radical (unpaired) electrons. The molecular formula is C13H15BrClN3. The molecule has 1 unspecified atom stereocenters. The SMILES string of the molecule is CCn1ncc(Cl)c1C(N)Cc1cccc(Br)c1. The van der Waals surface area contributed by atoms with Crippen LogP contribution in [0.5, 0.6) is 0 Å². The number of aromatic nitrogens is 2. The van der Waals surface area contributed by atoms with Crippen molar-refractivity contribution in [3.8, 4) is 0 Å². The summed E-state index contributed by atoms with van der Waals surface area (Å²) >= 11 is 9.60. The van der Waals surface area contributed by atoms with Gasteiger partial charge in [0.2, 0.25) is 0 Å². The zero-order valence-corrected chi connectivity index (χ0v) is 12.4.